The lowest BCUT2D eigenvalue weighted by Gasteiger charge is -2.41. The molecule has 214 valence electrons. The maximum Gasteiger partial charge on any atom is 0.275 e. The van der Waals surface area contributed by atoms with E-state index in [0.717, 1.165) is 5.56 Å². The van der Waals surface area contributed by atoms with Gasteiger partial charge in [-0.25, -0.2) is 0 Å². The van der Waals surface area contributed by atoms with Gasteiger partial charge in [0.15, 0.2) is 0 Å². The minimum Gasteiger partial charge on any atom is -0.363 e. The van der Waals surface area contributed by atoms with Gasteiger partial charge in [-0.15, -0.1) is 0 Å². The van der Waals surface area contributed by atoms with Gasteiger partial charge in [0, 0.05) is 61.0 Å². The predicted octanol–water partition coefficient (Wildman–Crippen LogP) is 5.23. The number of carbonyl (C=O) groups is 1. The molecule has 0 saturated carbocycles. The molecular weight excluding hydrogens is 550 g/mol. The molecule has 0 bridgehead atoms. The predicted molar refractivity (Wildman–Crippen MR) is 168 cm³/mol. The topological polar surface area (TPSA) is 91.3 Å². The summed E-state index contributed by atoms with van der Waals surface area (Å²) in [7, 11) is 1.67. The number of benzene rings is 2. The van der Waals surface area contributed by atoms with Gasteiger partial charge in [-0.1, -0.05) is 50.2 Å². The van der Waals surface area contributed by atoms with E-state index in [4.69, 9.17) is 11.6 Å². The zero-order valence-corrected chi connectivity index (χ0v) is 24.9. The first-order valence-corrected chi connectivity index (χ1v) is 14.2. The van der Waals surface area contributed by atoms with E-state index in [0.29, 0.717) is 58.1 Å². The molecule has 0 N–H and O–H groups in total. The molecule has 1 saturated heterocycles. The zero-order chi connectivity index (χ0) is 30.3. The normalized spacial score (nSPS) is 15.2. The molecule has 1 aliphatic heterocycles. The summed E-state index contributed by atoms with van der Waals surface area (Å²) in [5.74, 6) is -0.0537. The van der Waals surface area contributed by atoms with E-state index < -0.39 is 5.56 Å². The number of hydrogen-bond donors (Lipinski definition) is 0. The molecule has 9 heteroatoms. The average molecular weight is 582 g/mol. The van der Waals surface area contributed by atoms with Crippen molar-refractivity contribution in [2.24, 2.45) is 7.05 Å². The number of anilines is 1. The van der Waals surface area contributed by atoms with Gasteiger partial charge >= 0.3 is 0 Å². The Morgan fingerprint density at radius 3 is 2.52 bits per heavy atom. The molecule has 1 aliphatic rings. The van der Waals surface area contributed by atoms with Crippen molar-refractivity contribution in [2.45, 2.75) is 32.7 Å². The molecule has 1 atom stereocenters. The van der Waals surface area contributed by atoms with Gasteiger partial charge < -0.3 is 14.4 Å². The van der Waals surface area contributed by atoms with Crippen molar-refractivity contribution < 1.29 is 4.79 Å². The number of aryl methyl sites for hydroxylation is 1. The average Bonchev–Trinajstić information content (AvgIpc) is 2.97. The maximum absolute atomic E-state index is 14.4. The summed E-state index contributed by atoms with van der Waals surface area (Å²) in [5, 5.41) is 11.4. The third-order valence-corrected chi connectivity index (χ3v) is 8.28. The molecular formula is C33H32ClN5O3. The highest BCUT2D eigenvalue weighted by atomic mass is 35.5. The second-order valence-corrected chi connectivity index (χ2v) is 11.3. The quantitative estimate of drug-likeness (QED) is 0.301. The van der Waals surface area contributed by atoms with Gasteiger partial charge in [0.05, 0.1) is 16.9 Å². The Hall–Kier alpha value is -4.61. The van der Waals surface area contributed by atoms with Crippen molar-refractivity contribution in [3.63, 3.8) is 0 Å². The molecule has 1 fully saturated rings. The fourth-order valence-electron chi connectivity index (χ4n) is 5.77. The van der Waals surface area contributed by atoms with Crippen LogP contribution in [0.1, 0.15) is 37.8 Å². The first-order valence-electron chi connectivity index (χ1n) is 13.8. The summed E-state index contributed by atoms with van der Waals surface area (Å²) in [5.41, 5.74) is 3.29. The lowest BCUT2D eigenvalue weighted by atomic mass is 9.97. The minimum absolute atomic E-state index is 0.00815. The van der Waals surface area contributed by atoms with Crippen LogP contribution in [0.5, 0.6) is 0 Å². The Balaban J connectivity index is 1.87. The van der Waals surface area contributed by atoms with Gasteiger partial charge in [0.25, 0.3) is 11.1 Å². The molecule has 2 aromatic carbocycles. The van der Waals surface area contributed by atoms with Crippen LogP contribution in [0.3, 0.4) is 0 Å². The first-order chi connectivity index (χ1) is 20.1. The lowest BCUT2D eigenvalue weighted by molar-refractivity contribution is -0.126. The van der Waals surface area contributed by atoms with Gasteiger partial charge in [0.2, 0.25) is 5.91 Å². The second kappa shape index (κ2) is 11.3. The van der Waals surface area contributed by atoms with Crippen LogP contribution in [-0.4, -0.2) is 45.6 Å². The van der Waals surface area contributed by atoms with Gasteiger partial charge in [-0.05, 0) is 54.3 Å². The first kappa shape index (κ1) is 28.9. The molecule has 0 radical (unpaired) electrons. The van der Waals surface area contributed by atoms with Gasteiger partial charge in [-0.2, -0.15) is 5.26 Å². The van der Waals surface area contributed by atoms with Crippen molar-refractivity contribution in [2.75, 3.05) is 24.5 Å². The Kier molecular flexibility index (Phi) is 7.81. The van der Waals surface area contributed by atoms with Crippen LogP contribution in [-0.2, 0) is 11.8 Å². The van der Waals surface area contributed by atoms with Crippen molar-refractivity contribution in [3.8, 4) is 22.9 Å². The standard InChI is InChI=1S/C33H32ClN5O3/c1-6-30(40)37-13-14-38(21(4)19-37)32-25-16-27(34)24(22-11-12-36(5)31(41)15-22)17-29(25)39(33(42)26(32)18-35)28-10-8-7-9-23(28)20(2)3/h6-12,15-17,20-21H,1,13-14,19H2,2-5H3/t21-/m0/s1. The van der Waals surface area contributed by atoms with Gasteiger partial charge in [-0.3, -0.25) is 19.0 Å². The van der Waals surface area contributed by atoms with E-state index in [9.17, 15) is 19.6 Å². The van der Waals surface area contributed by atoms with E-state index >= 15 is 0 Å². The van der Waals surface area contributed by atoms with Crippen LogP contribution in [0.2, 0.25) is 5.02 Å². The van der Waals surface area contributed by atoms with E-state index in [1.807, 2.05) is 42.2 Å². The number of nitriles is 1. The molecule has 0 spiro atoms. The van der Waals surface area contributed by atoms with Crippen LogP contribution in [0.4, 0.5) is 5.69 Å². The number of para-hydroxylation sites is 1. The van der Waals surface area contributed by atoms with Crippen LogP contribution < -0.4 is 16.0 Å². The number of carbonyl (C=O) groups excluding carboxylic acids is 1. The molecule has 5 rings (SSSR count). The maximum atomic E-state index is 14.4. The molecule has 1 amide bonds. The summed E-state index contributed by atoms with van der Waals surface area (Å²) in [6.07, 6.45) is 2.97. The Bertz CT molecular complexity index is 1900. The number of hydrogen-bond acceptors (Lipinski definition) is 5. The molecule has 2 aromatic heterocycles. The summed E-state index contributed by atoms with van der Waals surface area (Å²) in [6, 6.07) is 16.6. The summed E-state index contributed by atoms with van der Waals surface area (Å²) < 4.78 is 3.07. The molecule has 3 heterocycles. The Morgan fingerprint density at radius 2 is 1.88 bits per heavy atom. The monoisotopic (exact) mass is 581 g/mol. The molecule has 0 aliphatic carbocycles. The number of halogens is 1. The van der Waals surface area contributed by atoms with E-state index in [2.05, 4.69) is 26.5 Å². The summed E-state index contributed by atoms with van der Waals surface area (Å²) in [4.78, 5) is 42.9. The smallest absolute Gasteiger partial charge is 0.275 e. The molecule has 8 nitrogen and oxygen atoms in total. The SMILES string of the molecule is C=CC(=O)N1CCN(c2c(C#N)c(=O)n(-c3ccccc3C(C)C)c3cc(-c4ccn(C)c(=O)c4)c(Cl)cc23)[C@@H](C)C1. The molecule has 4 aromatic rings. The minimum atomic E-state index is -0.442. The lowest BCUT2D eigenvalue weighted by Crippen LogP contribution is -2.54. The van der Waals surface area contributed by atoms with Crippen LogP contribution in [0.15, 0.2) is 77.0 Å². The zero-order valence-electron chi connectivity index (χ0n) is 24.1. The number of amides is 1. The van der Waals surface area contributed by atoms with E-state index in [-0.39, 0.29) is 29.0 Å². The number of aromatic nitrogens is 2. The van der Waals surface area contributed by atoms with Crippen LogP contribution in [0, 0.1) is 11.3 Å². The highest BCUT2D eigenvalue weighted by molar-refractivity contribution is 6.34. The Labute approximate surface area is 249 Å². The van der Waals surface area contributed by atoms with Crippen molar-refractivity contribution in [3.05, 3.63) is 104 Å². The second-order valence-electron chi connectivity index (χ2n) is 10.9. The van der Waals surface area contributed by atoms with Crippen molar-refractivity contribution in [1.82, 2.24) is 14.0 Å². The highest BCUT2D eigenvalue weighted by Gasteiger charge is 2.31. The van der Waals surface area contributed by atoms with Crippen molar-refractivity contribution in [1.29, 1.82) is 5.26 Å². The van der Waals surface area contributed by atoms with Crippen LogP contribution in [0.25, 0.3) is 27.7 Å². The third-order valence-electron chi connectivity index (χ3n) is 7.96. The largest absolute Gasteiger partial charge is 0.363 e. The van der Waals surface area contributed by atoms with Gasteiger partial charge in [0.1, 0.15) is 11.6 Å². The van der Waals surface area contributed by atoms with E-state index in [1.165, 1.54) is 16.7 Å². The number of piperazine rings is 1. The number of rotatable bonds is 5. The fourth-order valence-corrected chi connectivity index (χ4v) is 6.04. The number of pyridine rings is 2. The Morgan fingerprint density at radius 1 is 1.14 bits per heavy atom. The number of fused-ring (bicyclic) bond motifs is 1. The number of nitrogens with zero attached hydrogens (tertiary/aromatic N) is 5. The van der Waals surface area contributed by atoms with Crippen molar-refractivity contribution >= 4 is 34.1 Å². The third kappa shape index (κ3) is 4.90. The highest BCUT2D eigenvalue weighted by Crippen LogP contribution is 2.39. The molecule has 42 heavy (non-hydrogen) atoms. The molecule has 0 unspecified atom stereocenters. The fraction of sp³-hybridized carbons (Fsp3) is 0.273. The van der Waals surface area contributed by atoms with Crippen LogP contribution >= 0.6 is 11.6 Å². The van der Waals surface area contributed by atoms with E-state index in [1.54, 1.807) is 34.8 Å². The summed E-state index contributed by atoms with van der Waals surface area (Å²) in [6.45, 7) is 10.9. The summed E-state index contributed by atoms with van der Waals surface area (Å²) >= 11 is 6.91.